The second-order valence-corrected chi connectivity index (χ2v) is 6.74. The molecule has 3 aromatic heterocycles. The molecular weight excluding hydrogens is 330 g/mol. The average Bonchev–Trinajstić information content (AvgIpc) is 3.08. The highest BCUT2D eigenvalue weighted by molar-refractivity contribution is 6.13. The van der Waals surface area contributed by atoms with Gasteiger partial charge in [0.1, 0.15) is 0 Å². The fourth-order valence-corrected chi connectivity index (χ4v) is 4.12. The standard InChI is InChI=1S/C24H15N3/c1-3-11-20-17(8-1)18-9-2-4-12-21(18)27(20)22-15-16-7-5-13-25-23(16)24-19(22)10-6-14-26-24/h1-15H. The topological polar surface area (TPSA) is 30.7 Å². The minimum Gasteiger partial charge on any atom is -0.309 e. The van der Waals surface area contributed by atoms with Crippen LogP contribution >= 0.6 is 0 Å². The van der Waals surface area contributed by atoms with Crippen molar-refractivity contribution in [2.24, 2.45) is 0 Å². The van der Waals surface area contributed by atoms with Gasteiger partial charge in [-0.3, -0.25) is 9.97 Å². The lowest BCUT2D eigenvalue weighted by Crippen LogP contribution is -1.97. The summed E-state index contributed by atoms with van der Waals surface area (Å²) in [5.41, 5.74) is 5.42. The first kappa shape index (κ1) is 14.4. The zero-order chi connectivity index (χ0) is 17.8. The molecule has 126 valence electrons. The molecule has 6 aromatic rings. The van der Waals surface area contributed by atoms with E-state index in [0.717, 1.165) is 27.5 Å². The lowest BCUT2D eigenvalue weighted by atomic mass is 10.1. The van der Waals surface area contributed by atoms with Crippen LogP contribution in [0, 0.1) is 0 Å². The van der Waals surface area contributed by atoms with Crippen LogP contribution in [0.3, 0.4) is 0 Å². The molecule has 0 unspecified atom stereocenters. The number of fused-ring (bicyclic) bond motifs is 6. The summed E-state index contributed by atoms with van der Waals surface area (Å²) in [6, 6.07) is 27.6. The normalized spacial score (nSPS) is 11.7. The molecule has 0 radical (unpaired) electrons. The van der Waals surface area contributed by atoms with Crippen molar-refractivity contribution in [3.63, 3.8) is 0 Å². The van der Waals surface area contributed by atoms with Crippen molar-refractivity contribution >= 4 is 43.6 Å². The van der Waals surface area contributed by atoms with E-state index in [4.69, 9.17) is 0 Å². The Balaban J connectivity index is 1.88. The Bertz CT molecular complexity index is 1420. The van der Waals surface area contributed by atoms with Gasteiger partial charge < -0.3 is 4.57 Å². The third-order valence-corrected chi connectivity index (χ3v) is 5.26. The predicted molar refractivity (Wildman–Crippen MR) is 111 cm³/mol. The summed E-state index contributed by atoms with van der Waals surface area (Å²) in [6.07, 6.45) is 3.67. The first-order chi connectivity index (χ1) is 13.4. The average molecular weight is 345 g/mol. The molecule has 0 spiro atoms. The zero-order valence-corrected chi connectivity index (χ0v) is 14.5. The van der Waals surface area contributed by atoms with Gasteiger partial charge in [-0.15, -0.1) is 0 Å². The lowest BCUT2D eigenvalue weighted by molar-refractivity contribution is 1.20. The van der Waals surface area contributed by atoms with Gasteiger partial charge in [0, 0.05) is 33.9 Å². The molecule has 0 aliphatic heterocycles. The van der Waals surface area contributed by atoms with Crippen LogP contribution in [0.4, 0.5) is 0 Å². The molecule has 3 heterocycles. The van der Waals surface area contributed by atoms with Gasteiger partial charge in [-0.2, -0.15) is 0 Å². The molecule has 0 aliphatic rings. The van der Waals surface area contributed by atoms with Crippen LogP contribution in [-0.4, -0.2) is 14.5 Å². The Morgan fingerprint density at radius 3 is 1.89 bits per heavy atom. The molecule has 0 atom stereocenters. The molecule has 0 saturated heterocycles. The Hall–Kier alpha value is -3.72. The van der Waals surface area contributed by atoms with E-state index < -0.39 is 0 Å². The van der Waals surface area contributed by atoms with Gasteiger partial charge in [0.05, 0.1) is 27.8 Å². The molecule has 6 rings (SSSR count). The number of hydrogen-bond donors (Lipinski definition) is 0. The fourth-order valence-electron chi connectivity index (χ4n) is 4.12. The van der Waals surface area contributed by atoms with Crippen molar-refractivity contribution in [1.82, 2.24) is 14.5 Å². The quantitative estimate of drug-likeness (QED) is 0.348. The smallest absolute Gasteiger partial charge is 0.0985 e. The third-order valence-electron chi connectivity index (χ3n) is 5.26. The maximum atomic E-state index is 4.66. The van der Waals surface area contributed by atoms with E-state index in [0.29, 0.717) is 0 Å². The summed E-state index contributed by atoms with van der Waals surface area (Å²) in [5, 5.41) is 4.73. The Kier molecular flexibility index (Phi) is 2.88. The van der Waals surface area contributed by atoms with Gasteiger partial charge in [0.15, 0.2) is 0 Å². The van der Waals surface area contributed by atoms with E-state index in [1.807, 2.05) is 24.5 Å². The van der Waals surface area contributed by atoms with Crippen molar-refractivity contribution in [3.05, 3.63) is 91.3 Å². The SMILES string of the molecule is c1cnc2c(c1)cc(-n1c3ccccc3c3ccccc31)c1cccnc12. The Labute approximate surface area is 155 Å². The number of para-hydroxylation sites is 2. The van der Waals surface area contributed by atoms with Crippen molar-refractivity contribution in [2.45, 2.75) is 0 Å². The van der Waals surface area contributed by atoms with Crippen LogP contribution in [-0.2, 0) is 0 Å². The van der Waals surface area contributed by atoms with Crippen LogP contribution in [0.2, 0.25) is 0 Å². The minimum atomic E-state index is 0.937. The van der Waals surface area contributed by atoms with E-state index in [1.165, 1.54) is 21.8 Å². The molecule has 0 aliphatic carbocycles. The van der Waals surface area contributed by atoms with Gasteiger partial charge in [-0.1, -0.05) is 42.5 Å². The minimum absolute atomic E-state index is 0.937. The van der Waals surface area contributed by atoms with Crippen LogP contribution in [0.15, 0.2) is 91.3 Å². The summed E-state index contributed by atoms with van der Waals surface area (Å²) >= 11 is 0. The largest absolute Gasteiger partial charge is 0.309 e. The molecular formula is C24H15N3. The van der Waals surface area contributed by atoms with Crippen LogP contribution < -0.4 is 0 Å². The molecule has 0 N–H and O–H groups in total. The van der Waals surface area contributed by atoms with Gasteiger partial charge in [0.2, 0.25) is 0 Å². The van der Waals surface area contributed by atoms with Crippen molar-refractivity contribution < 1.29 is 0 Å². The Morgan fingerprint density at radius 1 is 0.556 bits per heavy atom. The third kappa shape index (κ3) is 1.97. The second-order valence-electron chi connectivity index (χ2n) is 6.74. The molecule has 0 bridgehead atoms. The molecule has 3 heteroatoms. The highest BCUT2D eigenvalue weighted by Gasteiger charge is 2.15. The second kappa shape index (κ2) is 5.39. The van der Waals surface area contributed by atoms with E-state index >= 15 is 0 Å². The summed E-state index contributed by atoms with van der Waals surface area (Å²) in [5.74, 6) is 0. The number of aromatic nitrogens is 3. The summed E-state index contributed by atoms with van der Waals surface area (Å²) in [6.45, 7) is 0. The van der Waals surface area contributed by atoms with E-state index in [9.17, 15) is 0 Å². The highest BCUT2D eigenvalue weighted by atomic mass is 15.0. The van der Waals surface area contributed by atoms with E-state index in [-0.39, 0.29) is 0 Å². The van der Waals surface area contributed by atoms with E-state index in [2.05, 4.69) is 81.3 Å². The van der Waals surface area contributed by atoms with Crippen molar-refractivity contribution in [2.75, 3.05) is 0 Å². The van der Waals surface area contributed by atoms with E-state index in [1.54, 1.807) is 0 Å². The molecule has 3 aromatic carbocycles. The number of rotatable bonds is 1. The molecule has 27 heavy (non-hydrogen) atoms. The van der Waals surface area contributed by atoms with Gasteiger partial charge in [-0.25, -0.2) is 0 Å². The monoisotopic (exact) mass is 345 g/mol. The van der Waals surface area contributed by atoms with Crippen molar-refractivity contribution in [3.8, 4) is 5.69 Å². The summed E-state index contributed by atoms with van der Waals surface area (Å²) in [7, 11) is 0. The van der Waals surface area contributed by atoms with Gasteiger partial charge >= 0.3 is 0 Å². The first-order valence-corrected chi connectivity index (χ1v) is 9.03. The fraction of sp³-hybridized carbons (Fsp3) is 0. The summed E-state index contributed by atoms with van der Waals surface area (Å²) in [4.78, 5) is 9.25. The maximum absolute atomic E-state index is 4.66. The number of pyridine rings is 2. The zero-order valence-electron chi connectivity index (χ0n) is 14.5. The van der Waals surface area contributed by atoms with Gasteiger partial charge in [-0.05, 0) is 36.4 Å². The molecule has 0 fully saturated rings. The van der Waals surface area contributed by atoms with Gasteiger partial charge in [0.25, 0.3) is 0 Å². The van der Waals surface area contributed by atoms with Crippen LogP contribution in [0.5, 0.6) is 0 Å². The molecule has 0 saturated carbocycles. The number of nitrogens with zero attached hydrogens (tertiary/aromatic N) is 3. The number of hydrogen-bond acceptors (Lipinski definition) is 2. The predicted octanol–water partition coefficient (Wildman–Crippen LogP) is 5.88. The molecule has 3 nitrogen and oxygen atoms in total. The maximum Gasteiger partial charge on any atom is 0.0985 e. The lowest BCUT2D eigenvalue weighted by Gasteiger charge is -2.13. The number of benzene rings is 3. The Morgan fingerprint density at radius 2 is 1.15 bits per heavy atom. The molecule has 0 amide bonds. The van der Waals surface area contributed by atoms with Crippen molar-refractivity contribution in [1.29, 1.82) is 0 Å². The van der Waals surface area contributed by atoms with Crippen LogP contribution in [0.25, 0.3) is 49.3 Å². The highest BCUT2D eigenvalue weighted by Crippen LogP contribution is 2.36. The first-order valence-electron chi connectivity index (χ1n) is 9.03. The summed E-state index contributed by atoms with van der Waals surface area (Å²) < 4.78 is 2.35. The van der Waals surface area contributed by atoms with Crippen LogP contribution in [0.1, 0.15) is 0 Å².